The number of nitrogens with one attached hydrogen (secondary N) is 2. The summed E-state index contributed by atoms with van der Waals surface area (Å²) in [5.41, 5.74) is 2.42. The van der Waals surface area contributed by atoms with E-state index < -0.39 is 12.1 Å². The molecule has 3 atom stereocenters. The minimum atomic E-state index is -1.02. The van der Waals surface area contributed by atoms with Crippen LogP contribution in [0.25, 0.3) is 11.1 Å². The van der Waals surface area contributed by atoms with Gasteiger partial charge in [-0.25, -0.2) is 4.79 Å². The van der Waals surface area contributed by atoms with E-state index >= 15 is 0 Å². The molecule has 8 heteroatoms. The molecule has 0 spiro atoms. The molecule has 1 aliphatic rings. The Morgan fingerprint density at radius 3 is 2.72 bits per heavy atom. The SMILES string of the molecule is O=C(O)c1cnn(CC2C[C@@H](O)[C@H](NC(=O)c3c[nH]cc3-c3ccccc3)C2)c1. The summed E-state index contributed by atoms with van der Waals surface area (Å²) in [5.74, 6) is -1.16. The molecule has 4 rings (SSSR count). The van der Waals surface area contributed by atoms with Gasteiger partial charge in [-0.1, -0.05) is 30.3 Å². The van der Waals surface area contributed by atoms with Crippen molar-refractivity contribution in [3.05, 3.63) is 66.2 Å². The van der Waals surface area contributed by atoms with Crippen LogP contribution in [0.3, 0.4) is 0 Å². The fourth-order valence-electron chi connectivity index (χ4n) is 3.92. The minimum absolute atomic E-state index is 0.0941. The topological polar surface area (TPSA) is 120 Å². The van der Waals surface area contributed by atoms with E-state index in [0.717, 1.165) is 11.1 Å². The largest absolute Gasteiger partial charge is 0.478 e. The fraction of sp³-hybridized carbons (Fsp3) is 0.286. The Bertz CT molecular complexity index is 1010. The molecular formula is C21H22N4O4. The molecule has 4 N–H and O–H groups in total. The lowest BCUT2D eigenvalue weighted by Gasteiger charge is -2.16. The summed E-state index contributed by atoms with van der Waals surface area (Å²) in [6, 6.07) is 9.27. The van der Waals surface area contributed by atoms with Gasteiger partial charge < -0.3 is 20.5 Å². The third-order valence-electron chi connectivity index (χ3n) is 5.34. The Kier molecular flexibility index (Phi) is 5.18. The number of hydrogen-bond acceptors (Lipinski definition) is 4. The van der Waals surface area contributed by atoms with E-state index in [1.165, 1.54) is 12.4 Å². The predicted molar refractivity (Wildman–Crippen MR) is 105 cm³/mol. The van der Waals surface area contributed by atoms with Gasteiger partial charge in [-0.2, -0.15) is 5.10 Å². The van der Waals surface area contributed by atoms with Gasteiger partial charge in [0.15, 0.2) is 0 Å². The molecule has 1 unspecified atom stereocenters. The number of aliphatic hydroxyl groups is 1. The molecule has 2 aromatic heterocycles. The van der Waals surface area contributed by atoms with Gasteiger partial charge in [-0.05, 0) is 24.3 Å². The quantitative estimate of drug-likeness (QED) is 0.511. The van der Waals surface area contributed by atoms with Crippen molar-refractivity contribution in [2.75, 3.05) is 0 Å². The molecule has 150 valence electrons. The number of carbonyl (C=O) groups is 2. The van der Waals surface area contributed by atoms with Gasteiger partial charge >= 0.3 is 5.97 Å². The second kappa shape index (κ2) is 7.92. The third-order valence-corrected chi connectivity index (χ3v) is 5.34. The van der Waals surface area contributed by atoms with Crippen molar-refractivity contribution in [2.24, 2.45) is 5.92 Å². The first kappa shape index (κ1) is 18.9. The molecular weight excluding hydrogens is 372 g/mol. The van der Waals surface area contributed by atoms with Crippen LogP contribution in [0.4, 0.5) is 0 Å². The molecule has 1 aromatic carbocycles. The highest BCUT2D eigenvalue weighted by molar-refractivity contribution is 6.01. The molecule has 1 aliphatic carbocycles. The maximum Gasteiger partial charge on any atom is 0.338 e. The summed E-state index contributed by atoms with van der Waals surface area (Å²) >= 11 is 0. The van der Waals surface area contributed by atoms with E-state index in [1.807, 2.05) is 30.3 Å². The van der Waals surface area contributed by atoms with Crippen LogP contribution in [0.1, 0.15) is 33.6 Å². The standard InChI is InChI=1S/C21H22N4O4/c26-19-7-13(11-25-12-15(8-23-25)21(28)29)6-18(19)24-20(27)17-10-22-9-16(17)14-4-2-1-3-5-14/h1-5,8-10,12-13,18-19,22,26H,6-7,11H2,(H,24,27)(H,28,29)/t13?,18-,19-/m1/s1. The first-order valence-corrected chi connectivity index (χ1v) is 9.48. The van der Waals surface area contributed by atoms with Crippen LogP contribution >= 0.6 is 0 Å². The van der Waals surface area contributed by atoms with Crippen LogP contribution in [0, 0.1) is 5.92 Å². The van der Waals surface area contributed by atoms with E-state index in [2.05, 4.69) is 15.4 Å². The third kappa shape index (κ3) is 4.07. The summed E-state index contributed by atoms with van der Waals surface area (Å²) in [6.45, 7) is 0.496. The average molecular weight is 394 g/mol. The van der Waals surface area contributed by atoms with Gasteiger partial charge in [-0.15, -0.1) is 0 Å². The number of hydrogen-bond donors (Lipinski definition) is 4. The van der Waals surface area contributed by atoms with Crippen molar-refractivity contribution in [3.8, 4) is 11.1 Å². The minimum Gasteiger partial charge on any atom is -0.478 e. The number of H-pyrrole nitrogens is 1. The number of aromatic amines is 1. The van der Waals surface area contributed by atoms with Crippen molar-refractivity contribution in [1.82, 2.24) is 20.1 Å². The molecule has 1 fully saturated rings. The van der Waals surface area contributed by atoms with Crippen molar-refractivity contribution in [2.45, 2.75) is 31.5 Å². The Balaban J connectivity index is 1.40. The van der Waals surface area contributed by atoms with Crippen molar-refractivity contribution in [3.63, 3.8) is 0 Å². The van der Waals surface area contributed by atoms with E-state index in [1.54, 1.807) is 17.1 Å². The lowest BCUT2D eigenvalue weighted by atomic mass is 10.0. The number of aromatic carboxylic acids is 1. The number of aromatic nitrogens is 3. The number of carbonyl (C=O) groups excluding carboxylic acids is 1. The molecule has 0 aliphatic heterocycles. The number of amides is 1. The molecule has 3 aromatic rings. The lowest BCUT2D eigenvalue weighted by molar-refractivity contribution is 0.0696. The van der Waals surface area contributed by atoms with Crippen LogP contribution < -0.4 is 5.32 Å². The van der Waals surface area contributed by atoms with Gasteiger partial charge in [0.1, 0.15) is 0 Å². The van der Waals surface area contributed by atoms with Gasteiger partial charge in [0, 0.05) is 30.7 Å². The Hall–Kier alpha value is -3.39. The zero-order valence-electron chi connectivity index (χ0n) is 15.7. The monoisotopic (exact) mass is 394 g/mol. The average Bonchev–Trinajstić information content (AvgIpc) is 3.43. The lowest BCUT2D eigenvalue weighted by Crippen LogP contribution is -2.40. The number of rotatable bonds is 6. The smallest absolute Gasteiger partial charge is 0.338 e. The predicted octanol–water partition coefficient (Wildman–Crippen LogP) is 2.15. The van der Waals surface area contributed by atoms with Gasteiger partial charge in [0.25, 0.3) is 5.91 Å². The molecule has 0 radical (unpaired) electrons. The summed E-state index contributed by atoms with van der Waals surface area (Å²) in [7, 11) is 0. The first-order chi connectivity index (χ1) is 14.0. The van der Waals surface area contributed by atoms with E-state index in [4.69, 9.17) is 5.11 Å². The number of carboxylic acids is 1. The first-order valence-electron chi connectivity index (χ1n) is 9.48. The molecule has 1 saturated carbocycles. The van der Waals surface area contributed by atoms with Crippen LogP contribution in [-0.4, -0.2) is 49.0 Å². The number of benzene rings is 1. The number of carboxylic acid groups (broad SMARTS) is 1. The fourth-order valence-corrected chi connectivity index (χ4v) is 3.92. The molecule has 8 nitrogen and oxygen atoms in total. The van der Waals surface area contributed by atoms with Crippen LogP contribution in [-0.2, 0) is 6.54 Å². The maximum absolute atomic E-state index is 12.8. The molecule has 2 heterocycles. The molecule has 0 saturated heterocycles. The van der Waals surface area contributed by atoms with Crippen molar-refractivity contribution >= 4 is 11.9 Å². The Labute approximate surface area is 167 Å². The number of nitrogens with zero attached hydrogens (tertiary/aromatic N) is 2. The molecule has 29 heavy (non-hydrogen) atoms. The van der Waals surface area contributed by atoms with Crippen LogP contribution in [0.5, 0.6) is 0 Å². The summed E-state index contributed by atoms with van der Waals surface area (Å²) in [6.07, 6.45) is 6.70. The normalized spacial score (nSPS) is 21.2. The van der Waals surface area contributed by atoms with Crippen molar-refractivity contribution in [1.29, 1.82) is 0 Å². The molecule has 0 bridgehead atoms. The Morgan fingerprint density at radius 2 is 2.00 bits per heavy atom. The number of aliphatic hydroxyl groups excluding tert-OH is 1. The Morgan fingerprint density at radius 1 is 1.21 bits per heavy atom. The highest BCUT2D eigenvalue weighted by Gasteiger charge is 2.34. The van der Waals surface area contributed by atoms with E-state index in [9.17, 15) is 14.7 Å². The summed E-state index contributed by atoms with van der Waals surface area (Å²) < 4.78 is 1.57. The van der Waals surface area contributed by atoms with Crippen molar-refractivity contribution < 1.29 is 19.8 Å². The highest BCUT2D eigenvalue weighted by atomic mass is 16.4. The summed E-state index contributed by atoms with van der Waals surface area (Å²) in [4.78, 5) is 26.8. The zero-order chi connectivity index (χ0) is 20.4. The van der Waals surface area contributed by atoms with Gasteiger partial charge in [0.05, 0.1) is 29.5 Å². The second-order valence-corrected chi connectivity index (χ2v) is 7.39. The maximum atomic E-state index is 12.8. The van der Waals surface area contributed by atoms with Crippen LogP contribution in [0.15, 0.2) is 55.1 Å². The van der Waals surface area contributed by atoms with Gasteiger partial charge in [-0.3, -0.25) is 9.48 Å². The molecule has 1 amide bonds. The highest BCUT2D eigenvalue weighted by Crippen LogP contribution is 2.29. The summed E-state index contributed by atoms with van der Waals surface area (Å²) in [5, 5.41) is 26.4. The van der Waals surface area contributed by atoms with E-state index in [0.29, 0.717) is 24.9 Å². The van der Waals surface area contributed by atoms with Gasteiger partial charge in [0.2, 0.25) is 0 Å². The second-order valence-electron chi connectivity index (χ2n) is 7.39. The van der Waals surface area contributed by atoms with E-state index in [-0.39, 0.29) is 23.4 Å². The van der Waals surface area contributed by atoms with Crippen LogP contribution in [0.2, 0.25) is 0 Å². The zero-order valence-corrected chi connectivity index (χ0v) is 15.7.